The van der Waals surface area contributed by atoms with Gasteiger partial charge in [0.1, 0.15) is 0 Å². The van der Waals surface area contributed by atoms with E-state index in [9.17, 15) is 0 Å². The van der Waals surface area contributed by atoms with Crippen molar-refractivity contribution in [2.45, 2.75) is 53.2 Å². The first-order valence-corrected chi connectivity index (χ1v) is 10.7. The van der Waals surface area contributed by atoms with Gasteiger partial charge in [-0.15, -0.1) is 35.3 Å². The molecule has 0 saturated carbocycles. The van der Waals surface area contributed by atoms with E-state index in [1.54, 1.807) is 11.3 Å². The number of aryl methyl sites for hydroxylation is 1. The maximum Gasteiger partial charge on any atom is 0.191 e. The number of benzene rings is 1. The van der Waals surface area contributed by atoms with Crippen LogP contribution in [0, 0.1) is 0 Å². The summed E-state index contributed by atoms with van der Waals surface area (Å²) in [6.45, 7) is 10.1. The van der Waals surface area contributed by atoms with Crippen molar-refractivity contribution in [2.75, 3.05) is 19.7 Å². The van der Waals surface area contributed by atoms with Gasteiger partial charge >= 0.3 is 0 Å². The van der Waals surface area contributed by atoms with Crippen molar-refractivity contribution in [1.29, 1.82) is 0 Å². The molecule has 0 amide bonds. The molecule has 1 aromatic heterocycles. The van der Waals surface area contributed by atoms with E-state index in [0.717, 1.165) is 44.9 Å². The van der Waals surface area contributed by atoms with Crippen LogP contribution in [0.3, 0.4) is 0 Å². The van der Waals surface area contributed by atoms with E-state index in [1.807, 2.05) is 6.20 Å². The maximum atomic E-state index is 5.70. The number of nitrogens with one attached hydrogen (secondary N) is 2. The van der Waals surface area contributed by atoms with Crippen LogP contribution in [0.1, 0.15) is 48.2 Å². The van der Waals surface area contributed by atoms with Crippen LogP contribution in [0.5, 0.6) is 0 Å². The summed E-state index contributed by atoms with van der Waals surface area (Å²) >= 11 is 1.79. The quantitative estimate of drug-likeness (QED) is 0.199. The summed E-state index contributed by atoms with van der Waals surface area (Å²) in [5.74, 6) is 0.842. The number of hydrogen-bond donors (Lipinski definition) is 2. The van der Waals surface area contributed by atoms with Crippen LogP contribution in [0.25, 0.3) is 0 Å². The molecule has 156 valence electrons. The van der Waals surface area contributed by atoms with Gasteiger partial charge < -0.3 is 15.4 Å². The Morgan fingerprint density at radius 3 is 2.61 bits per heavy atom. The van der Waals surface area contributed by atoms with E-state index in [1.165, 1.54) is 21.0 Å². The number of ether oxygens (including phenoxy) is 1. The molecule has 0 aliphatic heterocycles. The smallest absolute Gasteiger partial charge is 0.191 e. The molecule has 0 aliphatic rings. The third kappa shape index (κ3) is 8.87. The highest BCUT2D eigenvalue weighted by Gasteiger charge is 2.04. The van der Waals surface area contributed by atoms with Gasteiger partial charge in [0.25, 0.3) is 0 Å². The Kier molecular flexibility index (Phi) is 13.1. The van der Waals surface area contributed by atoms with Crippen molar-refractivity contribution in [3.63, 3.8) is 0 Å². The Morgan fingerprint density at radius 2 is 1.93 bits per heavy atom. The number of rotatable bonds is 11. The highest BCUT2D eigenvalue weighted by Crippen LogP contribution is 2.13. The molecule has 0 unspecified atom stereocenters. The molecule has 2 aromatic rings. The molecular formula is C21H33IN4OS. The highest BCUT2D eigenvalue weighted by molar-refractivity contribution is 14.0. The van der Waals surface area contributed by atoms with E-state index in [0.29, 0.717) is 13.2 Å². The van der Waals surface area contributed by atoms with Gasteiger partial charge in [0, 0.05) is 37.2 Å². The fourth-order valence-electron chi connectivity index (χ4n) is 2.60. The van der Waals surface area contributed by atoms with E-state index >= 15 is 0 Å². The standard InChI is InChI=1S/C21H32N4OS.HI/c1-4-13-26-16-18-10-8-7-9-17(18)14-25-21(22-6-3)23-12-11-20-24-15-19(5-2)27-20;/h7-10,15H,4-6,11-14,16H2,1-3H3,(H2,22,23,25);1H. The summed E-state index contributed by atoms with van der Waals surface area (Å²) in [5, 5.41) is 7.91. The van der Waals surface area contributed by atoms with Crippen molar-refractivity contribution in [2.24, 2.45) is 4.99 Å². The van der Waals surface area contributed by atoms with E-state index in [4.69, 9.17) is 9.73 Å². The second-order valence-electron chi connectivity index (χ2n) is 6.27. The zero-order chi connectivity index (χ0) is 19.3. The Balaban J connectivity index is 0.00000392. The Hall–Kier alpha value is -1.19. The van der Waals surface area contributed by atoms with E-state index in [-0.39, 0.29) is 24.0 Å². The molecule has 0 saturated heterocycles. The largest absolute Gasteiger partial charge is 0.377 e. The Labute approximate surface area is 190 Å². The predicted molar refractivity (Wildman–Crippen MR) is 130 cm³/mol. The molecule has 5 nitrogen and oxygen atoms in total. The second-order valence-corrected chi connectivity index (χ2v) is 7.47. The van der Waals surface area contributed by atoms with Crippen LogP contribution in [-0.2, 0) is 30.7 Å². The number of aromatic nitrogens is 1. The molecule has 0 radical (unpaired) electrons. The number of nitrogens with zero attached hydrogens (tertiary/aromatic N) is 2. The van der Waals surface area contributed by atoms with Crippen LogP contribution in [-0.4, -0.2) is 30.6 Å². The molecule has 0 fully saturated rings. The third-order valence-electron chi connectivity index (χ3n) is 4.06. The number of thiazole rings is 1. The Bertz CT molecular complexity index is 705. The zero-order valence-corrected chi connectivity index (χ0v) is 20.3. The highest BCUT2D eigenvalue weighted by atomic mass is 127. The van der Waals surface area contributed by atoms with Crippen molar-refractivity contribution in [3.8, 4) is 0 Å². The molecule has 28 heavy (non-hydrogen) atoms. The minimum Gasteiger partial charge on any atom is -0.377 e. The summed E-state index contributed by atoms with van der Waals surface area (Å²) < 4.78 is 5.70. The first-order chi connectivity index (χ1) is 13.3. The minimum atomic E-state index is 0. The average molecular weight is 516 g/mol. The minimum absolute atomic E-state index is 0. The van der Waals surface area contributed by atoms with Crippen LogP contribution in [0.4, 0.5) is 0 Å². The van der Waals surface area contributed by atoms with E-state index in [2.05, 4.69) is 60.7 Å². The maximum absolute atomic E-state index is 5.70. The van der Waals surface area contributed by atoms with Gasteiger partial charge in [-0.05, 0) is 30.9 Å². The summed E-state index contributed by atoms with van der Waals surface area (Å²) in [6.07, 6.45) is 4.98. The molecule has 2 rings (SSSR count). The first kappa shape index (κ1) is 24.8. The molecule has 7 heteroatoms. The molecule has 0 bridgehead atoms. The van der Waals surface area contributed by atoms with Crippen LogP contribution < -0.4 is 10.6 Å². The average Bonchev–Trinajstić information content (AvgIpc) is 3.15. The third-order valence-corrected chi connectivity index (χ3v) is 5.26. The van der Waals surface area contributed by atoms with Crippen molar-refractivity contribution >= 4 is 41.3 Å². The lowest BCUT2D eigenvalue weighted by molar-refractivity contribution is 0.121. The SMILES string of the molecule is CCCOCc1ccccc1CN=C(NCC)NCCc1ncc(CC)s1.I. The molecule has 1 aromatic carbocycles. The Morgan fingerprint density at radius 1 is 1.14 bits per heavy atom. The molecular weight excluding hydrogens is 483 g/mol. The number of guanidine groups is 1. The van der Waals surface area contributed by atoms with Gasteiger partial charge in [0.2, 0.25) is 0 Å². The van der Waals surface area contributed by atoms with Gasteiger partial charge in [0.05, 0.1) is 18.2 Å². The summed E-state index contributed by atoms with van der Waals surface area (Å²) in [4.78, 5) is 10.6. The second kappa shape index (κ2) is 14.8. The van der Waals surface area contributed by atoms with Crippen molar-refractivity contribution in [1.82, 2.24) is 15.6 Å². The lowest BCUT2D eigenvalue weighted by atomic mass is 10.1. The lowest BCUT2D eigenvalue weighted by Gasteiger charge is -2.12. The topological polar surface area (TPSA) is 58.5 Å². The summed E-state index contributed by atoms with van der Waals surface area (Å²) in [7, 11) is 0. The summed E-state index contributed by atoms with van der Waals surface area (Å²) in [6, 6.07) is 8.36. The predicted octanol–water partition coefficient (Wildman–Crippen LogP) is 4.55. The molecule has 0 atom stereocenters. The van der Waals surface area contributed by atoms with Gasteiger partial charge in [-0.1, -0.05) is 38.1 Å². The fourth-order valence-corrected chi connectivity index (χ4v) is 3.46. The van der Waals surface area contributed by atoms with Crippen LogP contribution in [0.15, 0.2) is 35.5 Å². The molecule has 1 heterocycles. The van der Waals surface area contributed by atoms with Crippen LogP contribution in [0.2, 0.25) is 0 Å². The number of aliphatic imine (C=N–C) groups is 1. The van der Waals surface area contributed by atoms with Gasteiger partial charge in [-0.25, -0.2) is 9.98 Å². The van der Waals surface area contributed by atoms with E-state index < -0.39 is 0 Å². The summed E-state index contributed by atoms with van der Waals surface area (Å²) in [5.41, 5.74) is 2.42. The van der Waals surface area contributed by atoms with Gasteiger partial charge in [0.15, 0.2) is 5.96 Å². The molecule has 2 N–H and O–H groups in total. The first-order valence-electron chi connectivity index (χ1n) is 9.87. The lowest BCUT2D eigenvalue weighted by Crippen LogP contribution is -2.38. The monoisotopic (exact) mass is 516 g/mol. The molecule has 0 aliphatic carbocycles. The van der Waals surface area contributed by atoms with Gasteiger partial charge in [-0.2, -0.15) is 0 Å². The van der Waals surface area contributed by atoms with Crippen LogP contribution >= 0.6 is 35.3 Å². The van der Waals surface area contributed by atoms with Crippen molar-refractivity contribution < 1.29 is 4.74 Å². The van der Waals surface area contributed by atoms with Crippen molar-refractivity contribution in [3.05, 3.63) is 51.5 Å². The molecule has 0 spiro atoms. The van der Waals surface area contributed by atoms with Gasteiger partial charge in [-0.3, -0.25) is 0 Å². The fraction of sp³-hybridized carbons (Fsp3) is 0.524. The number of hydrogen-bond acceptors (Lipinski definition) is 4. The zero-order valence-electron chi connectivity index (χ0n) is 17.2. The normalized spacial score (nSPS) is 11.2. The number of halogens is 1.